The third-order valence-corrected chi connectivity index (χ3v) is 7.45. The highest BCUT2D eigenvalue weighted by atomic mass is 16.2. The van der Waals surface area contributed by atoms with Crippen LogP contribution in [0.15, 0.2) is 24.3 Å². The van der Waals surface area contributed by atoms with E-state index in [0.717, 1.165) is 36.8 Å². The van der Waals surface area contributed by atoms with Gasteiger partial charge in [0.1, 0.15) is 0 Å². The largest absolute Gasteiger partial charge is 0.274 e. The predicted octanol–water partition coefficient (Wildman–Crippen LogP) is 3.98. The summed E-state index contributed by atoms with van der Waals surface area (Å²) in [7, 11) is 0. The van der Waals surface area contributed by atoms with Gasteiger partial charge in [-0.3, -0.25) is 14.5 Å². The van der Waals surface area contributed by atoms with E-state index in [9.17, 15) is 9.59 Å². The molecule has 1 unspecified atom stereocenters. The first-order chi connectivity index (χ1) is 11.6. The molecule has 1 aliphatic heterocycles. The summed E-state index contributed by atoms with van der Waals surface area (Å²) >= 11 is 0. The standard InChI is InChI=1S/C21H25NO2/c1-3-11(2)12-5-4-6-13(9-12)22-20(23)18-14-7-8-15(17-10-16(14)17)19(18)21(22)24/h4-6,9,11,14-19H,3,7-8,10H2,1-2H3/t11?,14-,15+,16+,17-,18-,19+. The third kappa shape index (κ3) is 1.79. The van der Waals surface area contributed by atoms with Crippen molar-refractivity contribution in [3.63, 3.8) is 0 Å². The summed E-state index contributed by atoms with van der Waals surface area (Å²) < 4.78 is 0. The van der Waals surface area contributed by atoms with Crippen molar-refractivity contribution in [1.82, 2.24) is 0 Å². The van der Waals surface area contributed by atoms with Gasteiger partial charge in [0.05, 0.1) is 17.5 Å². The van der Waals surface area contributed by atoms with Gasteiger partial charge >= 0.3 is 0 Å². The van der Waals surface area contributed by atoms with Crippen molar-refractivity contribution in [2.45, 2.75) is 45.4 Å². The molecule has 6 rings (SSSR count). The van der Waals surface area contributed by atoms with E-state index in [-0.39, 0.29) is 23.7 Å². The molecule has 3 nitrogen and oxygen atoms in total. The highest BCUT2D eigenvalue weighted by molar-refractivity contribution is 6.22. The molecule has 1 aromatic carbocycles. The lowest BCUT2D eigenvalue weighted by Crippen LogP contribution is -2.43. The SMILES string of the molecule is CCC(C)c1cccc(N2C(=O)[C@@H]3[C@@H]4CC[C@@H]([C@H]5C[C@H]54)[C@@H]3C2=O)c1. The molecule has 5 aliphatic rings. The van der Waals surface area contributed by atoms with Crippen LogP contribution in [0.5, 0.6) is 0 Å². The van der Waals surface area contributed by atoms with Crippen LogP contribution in [0.2, 0.25) is 0 Å². The van der Waals surface area contributed by atoms with Crippen LogP contribution in [0, 0.1) is 35.5 Å². The quantitative estimate of drug-likeness (QED) is 0.789. The highest BCUT2D eigenvalue weighted by Gasteiger charge is 2.68. The fourth-order valence-electron chi connectivity index (χ4n) is 6.00. The van der Waals surface area contributed by atoms with Gasteiger partial charge in [0.25, 0.3) is 0 Å². The molecule has 1 aromatic rings. The smallest absolute Gasteiger partial charge is 0.237 e. The van der Waals surface area contributed by atoms with E-state index < -0.39 is 0 Å². The van der Waals surface area contributed by atoms with E-state index in [1.807, 2.05) is 12.1 Å². The number of rotatable bonds is 3. The Morgan fingerprint density at radius 2 is 1.67 bits per heavy atom. The van der Waals surface area contributed by atoms with Gasteiger partial charge in [0, 0.05) is 0 Å². The van der Waals surface area contributed by atoms with Crippen molar-refractivity contribution < 1.29 is 9.59 Å². The van der Waals surface area contributed by atoms with Crippen molar-refractivity contribution >= 4 is 17.5 Å². The predicted molar refractivity (Wildman–Crippen MR) is 92.4 cm³/mol. The van der Waals surface area contributed by atoms with Gasteiger partial charge in [-0.1, -0.05) is 26.0 Å². The Kier molecular flexibility index (Phi) is 3.02. The number of hydrogen-bond acceptors (Lipinski definition) is 2. The number of carbonyl (C=O) groups excluding carboxylic acids is 2. The van der Waals surface area contributed by atoms with E-state index >= 15 is 0 Å². The van der Waals surface area contributed by atoms with Gasteiger partial charge < -0.3 is 0 Å². The Hall–Kier alpha value is -1.64. The zero-order valence-electron chi connectivity index (χ0n) is 14.4. The number of fused-ring (bicyclic) bond motifs is 1. The van der Waals surface area contributed by atoms with Gasteiger partial charge in [-0.2, -0.15) is 0 Å². The molecule has 1 saturated heterocycles. The lowest BCUT2D eigenvalue weighted by molar-refractivity contribution is -0.129. The zero-order chi connectivity index (χ0) is 16.6. The summed E-state index contributed by atoms with van der Waals surface area (Å²) in [6.45, 7) is 4.36. The first kappa shape index (κ1) is 14.7. The van der Waals surface area contributed by atoms with Crippen LogP contribution in [0.1, 0.15) is 51.0 Å². The normalized spacial score (nSPS) is 40.5. The number of imide groups is 1. The van der Waals surface area contributed by atoms with Crippen LogP contribution >= 0.6 is 0 Å². The lowest BCUT2D eigenvalue weighted by atomic mass is 9.59. The number of anilines is 1. The van der Waals surface area contributed by atoms with Crippen LogP contribution in [0.3, 0.4) is 0 Å². The number of amides is 2. The van der Waals surface area contributed by atoms with Crippen LogP contribution in [-0.4, -0.2) is 11.8 Å². The van der Waals surface area contributed by atoms with E-state index in [4.69, 9.17) is 0 Å². The summed E-state index contributed by atoms with van der Waals surface area (Å²) in [4.78, 5) is 27.9. The summed E-state index contributed by atoms with van der Waals surface area (Å²) in [5.41, 5.74) is 2.02. The molecule has 24 heavy (non-hydrogen) atoms. The number of benzene rings is 1. The fraction of sp³-hybridized carbons (Fsp3) is 0.619. The minimum atomic E-state index is -0.0211. The molecule has 0 radical (unpaired) electrons. The molecule has 2 amide bonds. The van der Waals surface area contributed by atoms with Crippen molar-refractivity contribution in [3.8, 4) is 0 Å². The van der Waals surface area contributed by atoms with E-state index in [1.54, 1.807) is 0 Å². The summed E-state index contributed by atoms with van der Waals surface area (Å²) in [5, 5.41) is 0. The minimum Gasteiger partial charge on any atom is -0.274 e. The van der Waals surface area contributed by atoms with Gasteiger partial charge in [-0.25, -0.2) is 0 Å². The average molecular weight is 323 g/mol. The molecule has 4 aliphatic carbocycles. The molecule has 0 aromatic heterocycles. The Balaban J connectivity index is 1.52. The van der Waals surface area contributed by atoms with Crippen molar-refractivity contribution in [2.24, 2.45) is 35.5 Å². The van der Waals surface area contributed by atoms with Gasteiger partial charge in [0.15, 0.2) is 0 Å². The van der Waals surface area contributed by atoms with Crippen molar-refractivity contribution in [2.75, 3.05) is 4.90 Å². The second-order valence-electron chi connectivity index (χ2n) is 8.44. The first-order valence-corrected chi connectivity index (χ1v) is 9.59. The number of nitrogens with zero attached hydrogens (tertiary/aromatic N) is 1. The molecule has 1 heterocycles. The van der Waals surface area contributed by atoms with Crippen LogP contribution < -0.4 is 4.90 Å². The fourth-order valence-corrected chi connectivity index (χ4v) is 6.00. The van der Waals surface area contributed by atoms with E-state index in [1.165, 1.54) is 16.9 Å². The van der Waals surface area contributed by atoms with E-state index in [0.29, 0.717) is 17.8 Å². The van der Waals surface area contributed by atoms with Gasteiger partial charge in [0.2, 0.25) is 11.8 Å². The van der Waals surface area contributed by atoms with Crippen molar-refractivity contribution in [3.05, 3.63) is 29.8 Å². The van der Waals surface area contributed by atoms with Crippen LogP contribution in [0.25, 0.3) is 0 Å². The maximum absolute atomic E-state index is 13.2. The van der Waals surface area contributed by atoms with Gasteiger partial charge in [-0.05, 0) is 73.0 Å². The second-order valence-corrected chi connectivity index (χ2v) is 8.44. The summed E-state index contributed by atoms with van der Waals surface area (Å²) in [6.07, 6.45) is 4.65. The van der Waals surface area contributed by atoms with Crippen LogP contribution in [0.4, 0.5) is 5.69 Å². The molecular weight excluding hydrogens is 298 g/mol. The van der Waals surface area contributed by atoms with Crippen LogP contribution in [-0.2, 0) is 9.59 Å². The minimum absolute atomic E-state index is 0.0211. The maximum Gasteiger partial charge on any atom is 0.237 e. The topological polar surface area (TPSA) is 37.4 Å². The number of hydrogen-bond donors (Lipinski definition) is 0. The summed E-state index contributed by atoms with van der Waals surface area (Å²) in [6, 6.07) is 8.09. The Labute approximate surface area is 143 Å². The highest BCUT2D eigenvalue weighted by Crippen LogP contribution is 2.68. The lowest BCUT2D eigenvalue weighted by Gasteiger charge is -2.42. The third-order valence-electron chi connectivity index (χ3n) is 7.45. The van der Waals surface area contributed by atoms with Crippen molar-refractivity contribution in [1.29, 1.82) is 0 Å². The zero-order valence-corrected chi connectivity index (χ0v) is 14.4. The molecule has 3 heteroatoms. The Bertz CT molecular complexity index is 692. The monoisotopic (exact) mass is 323 g/mol. The number of carbonyl (C=O) groups is 2. The molecule has 4 saturated carbocycles. The molecule has 5 fully saturated rings. The van der Waals surface area contributed by atoms with E-state index in [2.05, 4.69) is 26.0 Å². The molecule has 2 bridgehead atoms. The molecule has 126 valence electrons. The second kappa shape index (κ2) is 4.93. The average Bonchev–Trinajstić information content (AvgIpc) is 3.38. The maximum atomic E-state index is 13.2. The molecule has 0 N–H and O–H groups in total. The Morgan fingerprint density at radius 3 is 2.25 bits per heavy atom. The first-order valence-electron chi connectivity index (χ1n) is 9.59. The summed E-state index contributed by atoms with van der Waals surface area (Å²) in [5.74, 6) is 3.02. The van der Waals surface area contributed by atoms with Gasteiger partial charge in [-0.15, -0.1) is 0 Å². The Morgan fingerprint density at radius 1 is 1.04 bits per heavy atom. The molecule has 0 spiro atoms. The molecule has 7 atom stereocenters. The molecular formula is C21H25NO2.